The van der Waals surface area contributed by atoms with Crippen molar-refractivity contribution in [2.75, 3.05) is 32.2 Å². The Labute approximate surface area is 195 Å². The Bertz CT molecular complexity index is 1150. The lowest BCUT2D eigenvalue weighted by molar-refractivity contribution is 0.221. The van der Waals surface area contributed by atoms with E-state index in [9.17, 15) is 0 Å². The molecule has 1 aromatic carbocycles. The maximum absolute atomic E-state index is 6.64. The standard InChI is InChI=1S/C22H21Cl3N4O2/c1-30-14-8-15(31-2)19(25)17(18(14)24)20-27-13-9-26-16(23)7-12(13)21(28-20)29-10-22(11-29)5-3-4-6-22/h7-9H,3-6,10-11H2,1-2H3. The maximum Gasteiger partial charge on any atom is 0.165 e. The van der Waals surface area contributed by atoms with Crippen LogP contribution >= 0.6 is 34.8 Å². The lowest BCUT2D eigenvalue weighted by Crippen LogP contribution is -2.55. The summed E-state index contributed by atoms with van der Waals surface area (Å²) in [5.41, 5.74) is 1.54. The van der Waals surface area contributed by atoms with E-state index in [2.05, 4.69) is 9.88 Å². The minimum atomic E-state index is 0.330. The second-order valence-electron chi connectivity index (χ2n) is 8.24. The number of methoxy groups -OCH3 is 2. The van der Waals surface area contributed by atoms with Gasteiger partial charge in [0.25, 0.3) is 0 Å². The van der Waals surface area contributed by atoms with E-state index in [1.165, 1.54) is 39.9 Å². The van der Waals surface area contributed by atoms with Crippen LogP contribution in [0.15, 0.2) is 18.3 Å². The van der Waals surface area contributed by atoms with Crippen molar-refractivity contribution in [3.63, 3.8) is 0 Å². The van der Waals surface area contributed by atoms with Crippen LogP contribution in [0.2, 0.25) is 15.2 Å². The number of anilines is 1. The summed E-state index contributed by atoms with van der Waals surface area (Å²) < 4.78 is 10.8. The summed E-state index contributed by atoms with van der Waals surface area (Å²) in [6.45, 7) is 1.95. The molecular weight excluding hydrogens is 459 g/mol. The van der Waals surface area contributed by atoms with Gasteiger partial charge in [-0.15, -0.1) is 0 Å². The van der Waals surface area contributed by atoms with Crippen molar-refractivity contribution in [1.29, 1.82) is 0 Å². The van der Waals surface area contributed by atoms with Gasteiger partial charge >= 0.3 is 0 Å². The van der Waals surface area contributed by atoms with E-state index in [-0.39, 0.29) is 0 Å². The van der Waals surface area contributed by atoms with E-state index < -0.39 is 0 Å². The van der Waals surface area contributed by atoms with Crippen LogP contribution in [0.4, 0.5) is 5.82 Å². The highest BCUT2D eigenvalue weighted by Crippen LogP contribution is 2.49. The van der Waals surface area contributed by atoms with Crippen molar-refractivity contribution in [2.45, 2.75) is 25.7 Å². The second-order valence-corrected chi connectivity index (χ2v) is 9.39. The van der Waals surface area contributed by atoms with Gasteiger partial charge in [0.15, 0.2) is 5.82 Å². The SMILES string of the molecule is COc1cc(OC)c(Cl)c(-c2nc(N3CC4(CCCC4)C3)c3cc(Cl)ncc3n2)c1Cl. The molecule has 0 radical (unpaired) electrons. The first-order valence-electron chi connectivity index (χ1n) is 10.1. The molecule has 2 aliphatic rings. The van der Waals surface area contributed by atoms with Gasteiger partial charge in [-0.05, 0) is 18.9 Å². The summed E-state index contributed by atoms with van der Waals surface area (Å²) >= 11 is 19.5. The molecule has 1 aliphatic carbocycles. The third-order valence-corrected chi connectivity index (χ3v) is 7.30. The number of ether oxygens (including phenoxy) is 2. The highest BCUT2D eigenvalue weighted by atomic mass is 35.5. The molecule has 31 heavy (non-hydrogen) atoms. The van der Waals surface area contributed by atoms with Gasteiger partial charge in [-0.25, -0.2) is 15.0 Å². The zero-order valence-corrected chi connectivity index (χ0v) is 19.5. The largest absolute Gasteiger partial charge is 0.495 e. The van der Waals surface area contributed by atoms with Crippen LogP contribution in [0.25, 0.3) is 22.3 Å². The van der Waals surface area contributed by atoms with E-state index in [4.69, 9.17) is 54.2 Å². The van der Waals surface area contributed by atoms with Gasteiger partial charge in [0, 0.05) is 30.0 Å². The molecule has 1 saturated heterocycles. The molecule has 0 atom stereocenters. The summed E-state index contributed by atoms with van der Waals surface area (Å²) in [5, 5.41) is 1.92. The number of nitrogens with zero attached hydrogens (tertiary/aromatic N) is 4. The molecule has 2 aromatic heterocycles. The quantitative estimate of drug-likeness (QED) is 0.425. The minimum Gasteiger partial charge on any atom is -0.495 e. The highest BCUT2D eigenvalue weighted by molar-refractivity contribution is 6.41. The van der Waals surface area contributed by atoms with Gasteiger partial charge < -0.3 is 14.4 Å². The van der Waals surface area contributed by atoms with Crippen LogP contribution < -0.4 is 14.4 Å². The number of pyridine rings is 1. The van der Waals surface area contributed by atoms with Crippen molar-refractivity contribution in [3.05, 3.63) is 33.5 Å². The van der Waals surface area contributed by atoms with Crippen molar-refractivity contribution >= 4 is 51.5 Å². The molecule has 9 heteroatoms. The lowest BCUT2D eigenvalue weighted by atomic mass is 9.78. The van der Waals surface area contributed by atoms with Gasteiger partial charge in [0.1, 0.15) is 22.5 Å². The molecule has 162 valence electrons. The van der Waals surface area contributed by atoms with E-state index in [1.807, 2.05) is 6.07 Å². The Hall–Kier alpha value is -2.02. The molecule has 5 rings (SSSR count). The molecule has 0 amide bonds. The van der Waals surface area contributed by atoms with Crippen molar-refractivity contribution in [2.24, 2.45) is 5.41 Å². The van der Waals surface area contributed by atoms with Gasteiger partial charge in [-0.3, -0.25) is 0 Å². The summed E-state index contributed by atoms with van der Waals surface area (Å²) in [7, 11) is 3.08. The van der Waals surface area contributed by atoms with Crippen LogP contribution in [0.5, 0.6) is 11.5 Å². The summed E-state index contributed by atoms with van der Waals surface area (Å²) in [5.74, 6) is 2.08. The van der Waals surface area contributed by atoms with E-state index in [1.54, 1.807) is 12.3 Å². The third-order valence-electron chi connectivity index (χ3n) is 6.34. The smallest absolute Gasteiger partial charge is 0.165 e. The summed E-state index contributed by atoms with van der Waals surface area (Å²) in [6, 6.07) is 3.46. The zero-order valence-electron chi connectivity index (χ0n) is 17.2. The molecule has 0 bridgehead atoms. The number of hydrogen-bond donors (Lipinski definition) is 0. The molecule has 6 nitrogen and oxygen atoms in total. The van der Waals surface area contributed by atoms with Crippen molar-refractivity contribution < 1.29 is 9.47 Å². The Morgan fingerprint density at radius 1 is 0.935 bits per heavy atom. The molecule has 1 aliphatic heterocycles. The molecule has 2 fully saturated rings. The molecule has 1 saturated carbocycles. The second kappa shape index (κ2) is 7.84. The Morgan fingerprint density at radius 2 is 1.58 bits per heavy atom. The maximum atomic E-state index is 6.64. The first-order valence-corrected chi connectivity index (χ1v) is 11.3. The molecule has 0 unspecified atom stereocenters. The van der Waals surface area contributed by atoms with E-state index in [0.717, 1.165) is 24.3 Å². The first kappa shape index (κ1) is 20.9. The predicted octanol–water partition coefficient (Wildman–Crippen LogP) is 6.05. The fourth-order valence-electron chi connectivity index (χ4n) is 4.78. The zero-order chi connectivity index (χ0) is 21.8. The Kier molecular flexibility index (Phi) is 5.27. The average Bonchev–Trinajstić information content (AvgIpc) is 3.23. The topological polar surface area (TPSA) is 60.4 Å². The number of aromatic nitrogens is 3. The lowest BCUT2D eigenvalue weighted by Gasteiger charge is -2.49. The summed E-state index contributed by atoms with van der Waals surface area (Å²) in [4.78, 5) is 16.1. The van der Waals surface area contributed by atoms with Crippen molar-refractivity contribution in [1.82, 2.24) is 15.0 Å². The fraction of sp³-hybridized carbons (Fsp3) is 0.409. The van der Waals surface area contributed by atoms with Crippen LogP contribution in [0, 0.1) is 5.41 Å². The molecular formula is C22H21Cl3N4O2. The van der Waals surface area contributed by atoms with E-state index in [0.29, 0.717) is 49.0 Å². The molecule has 3 heterocycles. The average molecular weight is 480 g/mol. The van der Waals surface area contributed by atoms with Gasteiger partial charge in [-0.1, -0.05) is 47.6 Å². The van der Waals surface area contributed by atoms with Crippen LogP contribution in [0.1, 0.15) is 25.7 Å². The summed E-state index contributed by atoms with van der Waals surface area (Å²) in [6.07, 6.45) is 6.79. The predicted molar refractivity (Wildman–Crippen MR) is 124 cm³/mol. The number of hydrogen-bond acceptors (Lipinski definition) is 6. The van der Waals surface area contributed by atoms with Gasteiger partial charge in [-0.2, -0.15) is 0 Å². The Balaban J connectivity index is 1.69. The normalized spacial score (nSPS) is 17.3. The fourth-order valence-corrected chi connectivity index (χ4v) is 5.61. The number of benzene rings is 1. The van der Waals surface area contributed by atoms with Crippen LogP contribution in [-0.4, -0.2) is 42.3 Å². The van der Waals surface area contributed by atoms with Crippen molar-refractivity contribution in [3.8, 4) is 22.9 Å². The highest BCUT2D eigenvalue weighted by Gasteiger charge is 2.45. The molecule has 1 spiro atoms. The van der Waals surface area contributed by atoms with Crippen LogP contribution in [0.3, 0.4) is 0 Å². The Morgan fingerprint density at radius 3 is 2.19 bits per heavy atom. The van der Waals surface area contributed by atoms with E-state index >= 15 is 0 Å². The van der Waals surface area contributed by atoms with Crippen LogP contribution in [-0.2, 0) is 0 Å². The minimum absolute atomic E-state index is 0.330. The monoisotopic (exact) mass is 478 g/mol. The van der Waals surface area contributed by atoms with Gasteiger partial charge in [0.05, 0.1) is 41.5 Å². The molecule has 0 N–H and O–H groups in total. The number of fused-ring (bicyclic) bond motifs is 1. The third kappa shape index (κ3) is 3.45. The molecule has 3 aromatic rings. The number of rotatable bonds is 4. The number of halogens is 3. The van der Waals surface area contributed by atoms with Gasteiger partial charge in [0.2, 0.25) is 0 Å². The first-order chi connectivity index (χ1) is 14.9.